The van der Waals surface area contributed by atoms with Crippen molar-refractivity contribution in [2.45, 2.75) is 37.8 Å². The van der Waals surface area contributed by atoms with Gasteiger partial charge >= 0.3 is 0 Å². The summed E-state index contributed by atoms with van der Waals surface area (Å²) in [6.45, 7) is 6.54. The van der Waals surface area contributed by atoms with E-state index in [9.17, 15) is 8.42 Å². The molecule has 0 saturated carbocycles. The number of halogens is 1. The Morgan fingerprint density at radius 1 is 1.39 bits per heavy atom. The molecule has 0 fully saturated rings. The monoisotopic (exact) mass is 353 g/mol. The zero-order chi connectivity index (χ0) is 13.8. The molecule has 0 bridgehead atoms. The normalized spacial score (nSPS) is 12.9. The van der Waals surface area contributed by atoms with Gasteiger partial charge in [0.15, 0.2) is 0 Å². The van der Waals surface area contributed by atoms with Crippen molar-refractivity contribution in [3.05, 3.63) is 17.0 Å². The number of alkyl halides is 1. The van der Waals surface area contributed by atoms with Gasteiger partial charge in [-0.15, -0.1) is 11.3 Å². The molecular weight excluding hydrogens is 334 g/mol. The van der Waals surface area contributed by atoms with E-state index < -0.39 is 10.0 Å². The highest BCUT2D eigenvalue weighted by atomic mass is 79.9. The minimum absolute atomic E-state index is 0.0207. The molecular formula is C12H20BrNO2S2. The molecule has 1 heterocycles. The molecule has 0 spiro atoms. The van der Waals surface area contributed by atoms with Crippen LogP contribution in [0.5, 0.6) is 0 Å². The van der Waals surface area contributed by atoms with E-state index in [1.165, 1.54) is 11.3 Å². The molecule has 1 N–H and O–H groups in total. The van der Waals surface area contributed by atoms with Crippen LogP contribution in [-0.2, 0) is 10.0 Å². The van der Waals surface area contributed by atoms with E-state index in [0.29, 0.717) is 10.8 Å². The molecule has 1 aromatic rings. The zero-order valence-corrected chi connectivity index (χ0v) is 14.2. The van der Waals surface area contributed by atoms with Crippen LogP contribution in [-0.4, -0.2) is 20.3 Å². The summed E-state index contributed by atoms with van der Waals surface area (Å²) < 4.78 is 27.2. The average Bonchev–Trinajstić information content (AvgIpc) is 2.72. The van der Waals surface area contributed by atoms with Crippen molar-refractivity contribution in [2.24, 2.45) is 5.41 Å². The van der Waals surface area contributed by atoms with E-state index in [1.807, 2.05) is 13.0 Å². The first-order chi connectivity index (χ1) is 8.27. The first kappa shape index (κ1) is 16.1. The predicted molar refractivity (Wildman–Crippen MR) is 81.1 cm³/mol. The van der Waals surface area contributed by atoms with E-state index in [0.717, 1.165) is 23.0 Å². The van der Waals surface area contributed by atoms with Crippen LogP contribution in [0.4, 0.5) is 0 Å². The van der Waals surface area contributed by atoms with Gasteiger partial charge in [0.1, 0.15) is 4.21 Å². The fraction of sp³-hybridized carbons (Fsp3) is 0.667. The number of hydrogen-bond donors (Lipinski definition) is 1. The summed E-state index contributed by atoms with van der Waals surface area (Å²) in [7, 11) is -3.34. The lowest BCUT2D eigenvalue weighted by Crippen LogP contribution is -2.33. The van der Waals surface area contributed by atoms with Crippen LogP contribution in [0, 0.1) is 12.3 Å². The van der Waals surface area contributed by atoms with Crippen LogP contribution in [0.15, 0.2) is 16.3 Å². The summed E-state index contributed by atoms with van der Waals surface area (Å²) in [5.41, 5.74) is -0.0207. The Morgan fingerprint density at radius 2 is 2.06 bits per heavy atom. The predicted octanol–water partition coefficient (Wildman–Crippen LogP) is 3.54. The van der Waals surface area contributed by atoms with Gasteiger partial charge in [0.05, 0.1) is 0 Å². The molecule has 0 atom stereocenters. The maximum atomic E-state index is 12.1. The Kier molecular flexibility index (Phi) is 5.83. The fourth-order valence-electron chi connectivity index (χ4n) is 1.55. The number of thiophene rings is 1. The molecule has 0 saturated heterocycles. The van der Waals surface area contributed by atoms with Gasteiger partial charge in [0, 0.05) is 16.8 Å². The van der Waals surface area contributed by atoms with Crippen LogP contribution in [0.25, 0.3) is 0 Å². The molecule has 0 amide bonds. The minimum atomic E-state index is -3.34. The smallest absolute Gasteiger partial charge is 0.210 e. The minimum Gasteiger partial charge on any atom is -0.210 e. The SMILES string of the molecule is Cc1ccc(S(=O)(=O)NCC(C)(C)CCCBr)s1. The topological polar surface area (TPSA) is 46.2 Å². The lowest BCUT2D eigenvalue weighted by atomic mass is 9.88. The number of rotatable bonds is 7. The van der Waals surface area contributed by atoms with E-state index in [-0.39, 0.29) is 5.41 Å². The van der Waals surface area contributed by atoms with Crippen LogP contribution in [0.3, 0.4) is 0 Å². The Hall–Kier alpha value is 0.0900. The summed E-state index contributed by atoms with van der Waals surface area (Å²) in [5, 5.41) is 0.952. The standard InChI is InChI=1S/C12H20BrNO2S2/c1-10-5-6-11(17-10)18(15,16)14-9-12(2,3)7-4-8-13/h5-6,14H,4,7-9H2,1-3H3. The van der Waals surface area contributed by atoms with Gasteiger partial charge in [-0.2, -0.15) is 0 Å². The second-order valence-electron chi connectivity index (χ2n) is 5.15. The summed E-state index contributed by atoms with van der Waals surface area (Å²) in [5.74, 6) is 0. The molecule has 104 valence electrons. The highest BCUT2D eigenvalue weighted by molar-refractivity contribution is 9.09. The van der Waals surface area contributed by atoms with E-state index >= 15 is 0 Å². The highest BCUT2D eigenvalue weighted by Crippen LogP contribution is 2.24. The summed E-state index contributed by atoms with van der Waals surface area (Å²) >= 11 is 4.70. The van der Waals surface area contributed by atoms with Crippen molar-refractivity contribution in [2.75, 3.05) is 11.9 Å². The molecule has 3 nitrogen and oxygen atoms in total. The maximum Gasteiger partial charge on any atom is 0.250 e. The molecule has 6 heteroatoms. The van der Waals surface area contributed by atoms with Crippen LogP contribution >= 0.6 is 27.3 Å². The highest BCUT2D eigenvalue weighted by Gasteiger charge is 2.22. The van der Waals surface area contributed by atoms with Crippen LogP contribution in [0.1, 0.15) is 31.6 Å². The molecule has 18 heavy (non-hydrogen) atoms. The Bertz CT molecular complexity index is 480. The van der Waals surface area contributed by atoms with E-state index in [2.05, 4.69) is 34.5 Å². The molecule has 1 rings (SSSR count). The largest absolute Gasteiger partial charge is 0.250 e. The molecule has 0 aromatic carbocycles. The fourth-order valence-corrected chi connectivity index (χ4v) is 4.40. The Morgan fingerprint density at radius 3 is 2.56 bits per heavy atom. The number of aryl methyl sites for hydroxylation is 1. The average molecular weight is 354 g/mol. The van der Waals surface area contributed by atoms with Crippen LogP contribution in [0.2, 0.25) is 0 Å². The molecule has 0 aliphatic heterocycles. The molecule has 1 aromatic heterocycles. The molecule has 0 aliphatic carbocycles. The van der Waals surface area contributed by atoms with Crippen molar-refractivity contribution in [1.29, 1.82) is 0 Å². The summed E-state index contributed by atoms with van der Waals surface area (Å²) in [4.78, 5) is 1.01. The van der Waals surface area contributed by atoms with Crippen molar-refractivity contribution >= 4 is 37.3 Å². The van der Waals surface area contributed by atoms with Crippen molar-refractivity contribution < 1.29 is 8.42 Å². The van der Waals surface area contributed by atoms with Gasteiger partial charge in [-0.05, 0) is 37.3 Å². The van der Waals surface area contributed by atoms with Crippen molar-refractivity contribution in [3.63, 3.8) is 0 Å². The van der Waals surface area contributed by atoms with Crippen LogP contribution < -0.4 is 4.72 Å². The van der Waals surface area contributed by atoms with Gasteiger partial charge in [0.25, 0.3) is 0 Å². The maximum absolute atomic E-state index is 12.1. The third kappa shape index (κ3) is 4.99. The summed E-state index contributed by atoms with van der Waals surface area (Å²) in [6.07, 6.45) is 2.04. The van der Waals surface area contributed by atoms with Crippen molar-refractivity contribution in [3.8, 4) is 0 Å². The molecule has 0 aliphatic rings. The quantitative estimate of drug-likeness (QED) is 0.762. The summed E-state index contributed by atoms with van der Waals surface area (Å²) in [6, 6.07) is 3.49. The van der Waals surface area contributed by atoms with Crippen molar-refractivity contribution in [1.82, 2.24) is 4.72 Å². The Balaban J connectivity index is 2.62. The number of sulfonamides is 1. The lowest BCUT2D eigenvalue weighted by Gasteiger charge is -2.24. The van der Waals surface area contributed by atoms with Gasteiger partial charge in [0.2, 0.25) is 10.0 Å². The first-order valence-electron chi connectivity index (χ1n) is 5.89. The third-order valence-electron chi connectivity index (χ3n) is 2.71. The Labute approximate surface area is 122 Å². The second-order valence-corrected chi connectivity index (χ2v) is 9.22. The first-order valence-corrected chi connectivity index (χ1v) is 9.31. The van der Waals surface area contributed by atoms with Gasteiger partial charge in [-0.1, -0.05) is 29.8 Å². The van der Waals surface area contributed by atoms with E-state index in [4.69, 9.17) is 0 Å². The van der Waals surface area contributed by atoms with E-state index in [1.54, 1.807) is 6.07 Å². The second kappa shape index (κ2) is 6.50. The zero-order valence-electron chi connectivity index (χ0n) is 11.0. The third-order valence-corrected chi connectivity index (χ3v) is 6.16. The number of nitrogens with one attached hydrogen (secondary N) is 1. The molecule has 0 radical (unpaired) electrons. The van der Waals surface area contributed by atoms with Gasteiger partial charge in [-0.3, -0.25) is 0 Å². The van der Waals surface area contributed by atoms with Gasteiger partial charge in [-0.25, -0.2) is 13.1 Å². The molecule has 0 unspecified atom stereocenters. The van der Waals surface area contributed by atoms with Gasteiger partial charge < -0.3 is 0 Å². The lowest BCUT2D eigenvalue weighted by molar-refractivity contribution is 0.332. The number of hydrogen-bond acceptors (Lipinski definition) is 3.